The van der Waals surface area contributed by atoms with Gasteiger partial charge in [0.15, 0.2) is 0 Å². The van der Waals surface area contributed by atoms with Crippen molar-refractivity contribution < 1.29 is 9.59 Å². The monoisotopic (exact) mass is 402 g/mol. The average Bonchev–Trinajstić information content (AvgIpc) is 2.74. The SMILES string of the molecule is CCNC(=O)c1cccc(NC(=O)C23C[C@H]4C[C@@H](C2)CC(c2ccccc2)(C4)C3)c1. The van der Waals surface area contributed by atoms with E-state index >= 15 is 0 Å². The number of benzene rings is 2. The molecule has 4 fully saturated rings. The predicted molar refractivity (Wildman–Crippen MR) is 118 cm³/mol. The Bertz CT molecular complexity index is 954. The number of carbonyl (C=O) groups is 2. The fourth-order valence-corrected chi connectivity index (χ4v) is 6.92. The van der Waals surface area contributed by atoms with Gasteiger partial charge >= 0.3 is 0 Å². The zero-order chi connectivity index (χ0) is 20.8. The lowest BCUT2D eigenvalue weighted by Crippen LogP contribution is -2.57. The van der Waals surface area contributed by atoms with E-state index in [2.05, 4.69) is 41.0 Å². The maximum absolute atomic E-state index is 13.6. The summed E-state index contributed by atoms with van der Waals surface area (Å²) in [6.07, 6.45) is 6.65. The Morgan fingerprint density at radius 1 is 0.967 bits per heavy atom. The Balaban J connectivity index is 1.41. The van der Waals surface area contributed by atoms with E-state index in [0.29, 0.717) is 29.6 Å². The lowest BCUT2D eigenvalue weighted by molar-refractivity contribution is -0.143. The van der Waals surface area contributed by atoms with Crippen molar-refractivity contribution in [3.63, 3.8) is 0 Å². The van der Waals surface area contributed by atoms with Crippen LogP contribution >= 0.6 is 0 Å². The summed E-state index contributed by atoms with van der Waals surface area (Å²) < 4.78 is 0. The fourth-order valence-electron chi connectivity index (χ4n) is 6.92. The third-order valence-corrected chi connectivity index (χ3v) is 7.65. The summed E-state index contributed by atoms with van der Waals surface area (Å²) in [5.74, 6) is 1.31. The molecular formula is C26H30N2O2. The number of rotatable bonds is 5. The maximum Gasteiger partial charge on any atom is 0.251 e. The van der Waals surface area contributed by atoms with Crippen molar-refractivity contribution >= 4 is 17.5 Å². The van der Waals surface area contributed by atoms with Crippen LogP contribution in [-0.2, 0) is 10.2 Å². The molecule has 4 heteroatoms. The molecule has 4 aliphatic rings. The first-order valence-electron chi connectivity index (χ1n) is 11.3. The molecule has 4 atom stereocenters. The van der Waals surface area contributed by atoms with Crippen LogP contribution in [0.3, 0.4) is 0 Å². The van der Waals surface area contributed by atoms with Gasteiger partial charge in [-0.05, 0) is 86.5 Å². The van der Waals surface area contributed by atoms with E-state index in [1.807, 2.05) is 19.1 Å². The average molecular weight is 403 g/mol. The molecule has 6 rings (SSSR count). The van der Waals surface area contributed by atoms with Crippen LogP contribution in [-0.4, -0.2) is 18.4 Å². The van der Waals surface area contributed by atoms with Gasteiger partial charge in [0.25, 0.3) is 5.91 Å². The Labute approximate surface area is 178 Å². The fraction of sp³-hybridized carbons (Fsp3) is 0.462. The van der Waals surface area contributed by atoms with Crippen LogP contribution in [0.1, 0.15) is 61.4 Å². The van der Waals surface area contributed by atoms with E-state index in [0.717, 1.165) is 19.3 Å². The van der Waals surface area contributed by atoms with Gasteiger partial charge in [-0.3, -0.25) is 9.59 Å². The maximum atomic E-state index is 13.6. The highest BCUT2D eigenvalue weighted by molar-refractivity contribution is 5.99. The van der Waals surface area contributed by atoms with Crippen LogP contribution in [0.2, 0.25) is 0 Å². The van der Waals surface area contributed by atoms with E-state index in [1.54, 1.807) is 12.1 Å². The van der Waals surface area contributed by atoms with Crippen molar-refractivity contribution in [3.05, 3.63) is 65.7 Å². The number of hydrogen-bond acceptors (Lipinski definition) is 2. The number of nitrogens with one attached hydrogen (secondary N) is 2. The number of anilines is 1. The van der Waals surface area contributed by atoms with Crippen LogP contribution in [0.4, 0.5) is 5.69 Å². The van der Waals surface area contributed by atoms with Gasteiger partial charge in [0, 0.05) is 17.8 Å². The smallest absolute Gasteiger partial charge is 0.251 e. The van der Waals surface area contributed by atoms with Gasteiger partial charge in [-0.2, -0.15) is 0 Å². The lowest BCUT2D eigenvalue weighted by atomic mass is 9.42. The predicted octanol–water partition coefficient (Wildman–Crippen LogP) is 4.91. The second kappa shape index (κ2) is 7.26. The van der Waals surface area contributed by atoms with Crippen molar-refractivity contribution in [3.8, 4) is 0 Å². The van der Waals surface area contributed by atoms with Crippen molar-refractivity contribution in [2.45, 2.75) is 50.9 Å². The molecule has 4 bridgehead atoms. The molecule has 2 aromatic rings. The van der Waals surface area contributed by atoms with Gasteiger partial charge in [-0.1, -0.05) is 36.4 Å². The molecule has 0 saturated heterocycles. The lowest BCUT2D eigenvalue weighted by Gasteiger charge is -2.61. The van der Waals surface area contributed by atoms with Gasteiger partial charge in [0.2, 0.25) is 5.91 Å². The Morgan fingerprint density at radius 3 is 2.40 bits per heavy atom. The molecule has 2 unspecified atom stereocenters. The minimum Gasteiger partial charge on any atom is -0.352 e. The van der Waals surface area contributed by atoms with Crippen LogP contribution < -0.4 is 10.6 Å². The molecule has 0 aliphatic heterocycles. The van der Waals surface area contributed by atoms with Crippen molar-refractivity contribution in [2.75, 3.05) is 11.9 Å². The number of amides is 2. The van der Waals surface area contributed by atoms with E-state index in [9.17, 15) is 9.59 Å². The standard InChI is InChI=1S/C26H30N2O2/c1-2-27-23(29)20-7-6-10-22(12-20)28-24(30)26-15-18-11-19(16-26)14-25(13-18,17-26)21-8-4-3-5-9-21/h3-10,12,18-19H,2,11,13-17H2,1H3,(H,27,29)(H,28,30)/t18-,19+,25?,26?. The Morgan fingerprint density at radius 2 is 1.70 bits per heavy atom. The number of carbonyl (C=O) groups excluding carboxylic acids is 2. The van der Waals surface area contributed by atoms with Crippen LogP contribution in [0.25, 0.3) is 0 Å². The van der Waals surface area contributed by atoms with Gasteiger partial charge in [0.1, 0.15) is 0 Å². The van der Waals surface area contributed by atoms with Gasteiger partial charge in [0.05, 0.1) is 5.41 Å². The van der Waals surface area contributed by atoms with Gasteiger partial charge < -0.3 is 10.6 Å². The highest BCUT2D eigenvalue weighted by Gasteiger charge is 2.60. The highest BCUT2D eigenvalue weighted by atomic mass is 16.2. The summed E-state index contributed by atoms with van der Waals surface area (Å²) in [5.41, 5.74) is 2.57. The molecule has 4 saturated carbocycles. The molecule has 0 heterocycles. The van der Waals surface area contributed by atoms with Gasteiger partial charge in [-0.15, -0.1) is 0 Å². The molecule has 0 spiro atoms. The number of hydrogen-bond donors (Lipinski definition) is 2. The topological polar surface area (TPSA) is 58.2 Å². The van der Waals surface area contributed by atoms with E-state index in [1.165, 1.54) is 24.8 Å². The first-order chi connectivity index (χ1) is 14.5. The summed E-state index contributed by atoms with van der Waals surface area (Å²) in [5, 5.41) is 6.01. The van der Waals surface area contributed by atoms with Crippen molar-refractivity contribution in [1.82, 2.24) is 5.32 Å². The van der Waals surface area contributed by atoms with E-state index in [-0.39, 0.29) is 22.6 Å². The summed E-state index contributed by atoms with van der Waals surface area (Å²) in [7, 11) is 0. The van der Waals surface area contributed by atoms with Crippen molar-refractivity contribution in [1.29, 1.82) is 0 Å². The second-order valence-electron chi connectivity index (χ2n) is 9.78. The van der Waals surface area contributed by atoms with Crippen LogP contribution in [0, 0.1) is 17.3 Å². The Kier molecular flexibility index (Phi) is 4.68. The van der Waals surface area contributed by atoms with E-state index < -0.39 is 0 Å². The molecule has 2 amide bonds. The van der Waals surface area contributed by atoms with E-state index in [4.69, 9.17) is 0 Å². The summed E-state index contributed by atoms with van der Waals surface area (Å²) in [6, 6.07) is 18.2. The molecule has 2 N–H and O–H groups in total. The second-order valence-corrected chi connectivity index (χ2v) is 9.78. The first-order valence-corrected chi connectivity index (χ1v) is 11.3. The van der Waals surface area contributed by atoms with Crippen molar-refractivity contribution in [2.24, 2.45) is 17.3 Å². The summed E-state index contributed by atoms with van der Waals surface area (Å²) in [4.78, 5) is 25.8. The van der Waals surface area contributed by atoms with Crippen LogP contribution in [0.5, 0.6) is 0 Å². The molecule has 0 aromatic heterocycles. The minimum atomic E-state index is -0.290. The van der Waals surface area contributed by atoms with Crippen LogP contribution in [0.15, 0.2) is 54.6 Å². The molecule has 4 aliphatic carbocycles. The zero-order valence-corrected chi connectivity index (χ0v) is 17.6. The third kappa shape index (κ3) is 3.23. The molecule has 30 heavy (non-hydrogen) atoms. The summed E-state index contributed by atoms with van der Waals surface area (Å²) >= 11 is 0. The van der Waals surface area contributed by atoms with Gasteiger partial charge in [-0.25, -0.2) is 0 Å². The highest BCUT2D eigenvalue weighted by Crippen LogP contribution is 2.65. The first kappa shape index (κ1) is 19.3. The molecular weight excluding hydrogens is 372 g/mol. The quantitative estimate of drug-likeness (QED) is 0.746. The Hall–Kier alpha value is -2.62. The summed E-state index contributed by atoms with van der Waals surface area (Å²) in [6.45, 7) is 2.49. The molecule has 2 aromatic carbocycles. The third-order valence-electron chi connectivity index (χ3n) is 7.65. The minimum absolute atomic E-state index is 0.105. The molecule has 156 valence electrons. The normalized spacial score (nSPS) is 31.4. The molecule has 0 radical (unpaired) electrons. The largest absolute Gasteiger partial charge is 0.352 e. The zero-order valence-electron chi connectivity index (χ0n) is 17.6. The molecule has 4 nitrogen and oxygen atoms in total.